The van der Waals surface area contributed by atoms with Crippen molar-refractivity contribution in [2.45, 2.75) is 93.8 Å². The summed E-state index contributed by atoms with van der Waals surface area (Å²) in [4.78, 5) is 56.3. The van der Waals surface area contributed by atoms with Gasteiger partial charge in [0.1, 0.15) is 48.6 Å². The Hall–Kier alpha value is -3.54. The third kappa shape index (κ3) is 8.92. The number of nitrogens with one attached hydrogen (secondary N) is 7. The van der Waals surface area contributed by atoms with Crippen molar-refractivity contribution in [1.82, 2.24) is 36.8 Å². The average Bonchev–Trinajstić information content (AvgIpc) is 3.69. The number of ether oxygens (including phenoxy) is 1. The molecule has 0 spiro atoms. The molecule has 271 valence electrons. The topological polar surface area (TPSA) is 331 Å². The molecule has 11 atom stereocenters. The van der Waals surface area contributed by atoms with Crippen LogP contribution in [0.25, 0.3) is 0 Å². The van der Waals surface area contributed by atoms with E-state index < -0.39 is 111 Å². The highest BCUT2D eigenvalue weighted by atomic mass is 16.6. The zero-order valence-corrected chi connectivity index (χ0v) is 26.4. The predicted molar refractivity (Wildman–Crippen MR) is 163 cm³/mol. The van der Waals surface area contributed by atoms with Gasteiger partial charge in [-0.05, 0) is 12.8 Å². The molecule has 3 amide bonds. The molecule has 21 nitrogen and oxygen atoms in total. The van der Waals surface area contributed by atoms with Crippen LogP contribution in [0.1, 0.15) is 26.7 Å². The van der Waals surface area contributed by atoms with Crippen molar-refractivity contribution in [3.05, 3.63) is 0 Å². The van der Waals surface area contributed by atoms with Crippen LogP contribution in [-0.2, 0) is 23.9 Å². The van der Waals surface area contributed by atoms with Crippen LogP contribution in [0.3, 0.4) is 0 Å². The Bertz CT molecular complexity index is 1180. The minimum absolute atomic E-state index is 0.0420. The van der Waals surface area contributed by atoms with Gasteiger partial charge in [-0.15, -0.1) is 0 Å². The van der Waals surface area contributed by atoms with Crippen molar-refractivity contribution in [1.29, 1.82) is 5.41 Å². The molecule has 0 bridgehead atoms. The molecule has 0 aliphatic carbocycles. The number of amides is 3. The molecule has 14 N–H and O–H groups in total. The molecule has 3 fully saturated rings. The molecular weight excluding hydrogens is 642 g/mol. The van der Waals surface area contributed by atoms with Gasteiger partial charge < -0.3 is 72.0 Å². The minimum Gasteiger partial charge on any atom is -0.394 e. The smallest absolute Gasteiger partial charge is 0.251 e. The van der Waals surface area contributed by atoms with Crippen molar-refractivity contribution < 1.29 is 59.7 Å². The summed E-state index contributed by atoms with van der Waals surface area (Å²) in [6.45, 7) is 0.946. The van der Waals surface area contributed by atoms with Gasteiger partial charge in [0.15, 0.2) is 12.2 Å². The van der Waals surface area contributed by atoms with Crippen LogP contribution in [0.2, 0.25) is 0 Å². The van der Waals surface area contributed by atoms with Crippen LogP contribution in [0.5, 0.6) is 0 Å². The van der Waals surface area contributed by atoms with E-state index in [1.165, 1.54) is 6.29 Å². The van der Waals surface area contributed by atoms with E-state index in [9.17, 15) is 54.9 Å². The highest BCUT2D eigenvalue weighted by molar-refractivity contribution is 5.96. The lowest BCUT2D eigenvalue weighted by Crippen LogP contribution is -2.68. The average molecular weight is 689 g/mol. The molecule has 0 aromatic carbocycles. The normalized spacial score (nSPS) is 30.5. The number of hydrogen-bond acceptors (Lipinski definition) is 14. The number of aliphatic hydroxyl groups excluding tert-OH is 7. The van der Waals surface area contributed by atoms with Crippen molar-refractivity contribution in [3.8, 4) is 0 Å². The fourth-order valence-corrected chi connectivity index (χ4v) is 5.57. The van der Waals surface area contributed by atoms with E-state index in [1.807, 2.05) is 0 Å². The fourth-order valence-electron chi connectivity index (χ4n) is 5.57. The summed E-state index contributed by atoms with van der Waals surface area (Å²) in [5, 5.41) is 95.8. The van der Waals surface area contributed by atoms with E-state index in [-0.39, 0.29) is 25.0 Å². The Morgan fingerprint density at radius 1 is 1.02 bits per heavy atom. The molecule has 3 saturated heterocycles. The van der Waals surface area contributed by atoms with E-state index in [2.05, 4.69) is 36.9 Å². The lowest BCUT2D eigenvalue weighted by Gasteiger charge is -2.46. The molecule has 3 rings (SSSR count). The molecule has 11 unspecified atom stereocenters. The number of aliphatic hydroxyl groups is 7. The SMILES string of the molecule is CCC(CC)C(=O)/N=C1\NCC(C(O)C(NC(=O)C(CO)NC2CNC(=N)N2)C(=O)NC([C]=O)CO)N1C1OC(CO)C(O)C(O)C1O. The third-order valence-corrected chi connectivity index (χ3v) is 8.42. The highest BCUT2D eigenvalue weighted by Gasteiger charge is 2.52. The van der Waals surface area contributed by atoms with Crippen molar-refractivity contribution >= 4 is 35.9 Å². The van der Waals surface area contributed by atoms with Gasteiger partial charge in [0, 0.05) is 12.5 Å². The molecule has 3 aliphatic heterocycles. The number of hydrogen-bond donors (Lipinski definition) is 14. The number of guanidine groups is 2. The van der Waals surface area contributed by atoms with Gasteiger partial charge in [0.05, 0.1) is 38.6 Å². The molecule has 3 aliphatic rings. The van der Waals surface area contributed by atoms with E-state index >= 15 is 0 Å². The fraction of sp³-hybridized carbons (Fsp3) is 0.778. The molecule has 3 heterocycles. The van der Waals surface area contributed by atoms with Crippen LogP contribution in [0.15, 0.2) is 4.99 Å². The molecule has 0 aromatic heterocycles. The maximum atomic E-state index is 13.5. The van der Waals surface area contributed by atoms with Gasteiger partial charge in [0.2, 0.25) is 24.1 Å². The van der Waals surface area contributed by atoms with Crippen LogP contribution in [0.4, 0.5) is 0 Å². The predicted octanol–water partition coefficient (Wildman–Crippen LogP) is -7.78. The third-order valence-electron chi connectivity index (χ3n) is 8.42. The number of nitrogens with zero attached hydrogens (tertiary/aromatic N) is 2. The minimum atomic E-state index is -1.99. The first-order valence-corrected chi connectivity index (χ1v) is 15.5. The lowest BCUT2D eigenvalue weighted by molar-refractivity contribution is -0.260. The van der Waals surface area contributed by atoms with Gasteiger partial charge in [-0.25, -0.2) is 0 Å². The summed E-state index contributed by atoms with van der Waals surface area (Å²) in [6.07, 6.45) is -9.04. The van der Waals surface area contributed by atoms with Crippen LogP contribution in [0, 0.1) is 11.3 Å². The van der Waals surface area contributed by atoms with Crippen LogP contribution < -0.4 is 31.9 Å². The summed E-state index contributed by atoms with van der Waals surface area (Å²) >= 11 is 0. The standard InChI is InChI=1S/C27H46N9O12/c1-3-11(4-2)22(45)35-27-30-5-14(36(27)25-21(44)20(43)19(42)15(10-40)48-25)18(41)17(24(47)31-12(7-37)8-38)34-23(46)13(9-39)32-16-6-29-26(28)33-16/h11-21,25,32,37,39-44H,3-7,9-10H2,1-2H3,(H,31,47)(H,34,46)(H3,28,29,33)(H,30,35,45). The largest absolute Gasteiger partial charge is 0.394 e. The summed E-state index contributed by atoms with van der Waals surface area (Å²) in [7, 11) is 0. The summed E-state index contributed by atoms with van der Waals surface area (Å²) < 4.78 is 5.71. The second-order valence-corrected chi connectivity index (χ2v) is 11.6. The summed E-state index contributed by atoms with van der Waals surface area (Å²) in [5.41, 5.74) is 0. The Labute approximate surface area is 275 Å². The van der Waals surface area contributed by atoms with Crippen molar-refractivity contribution in [3.63, 3.8) is 0 Å². The summed E-state index contributed by atoms with van der Waals surface area (Å²) in [5.74, 6) is -3.57. The number of rotatable bonds is 16. The Morgan fingerprint density at radius 2 is 1.71 bits per heavy atom. The second-order valence-electron chi connectivity index (χ2n) is 11.6. The Morgan fingerprint density at radius 3 is 2.25 bits per heavy atom. The monoisotopic (exact) mass is 688 g/mol. The quantitative estimate of drug-likeness (QED) is 0.0716. The first-order valence-electron chi connectivity index (χ1n) is 15.5. The van der Waals surface area contributed by atoms with Crippen LogP contribution in [-0.4, -0.2) is 177 Å². The number of carbonyl (C=O) groups is 3. The van der Waals surface area contributed by atoms with Gasteiger partial charge in [0.25, 0.3) is 5.91 Å². The molecule has 48 heavy (non-hydrogen) atoms. The van der Waals surface area contributed by atoms with Gasteiger partial charge in [-0.2, -0.15) is 4.99 Å². The first kappa shape index (κ1) is 38.9. The van der Waals surface area contributed by atoms with Crippen molar-refractivity contribution in [2.75, 3.05) is 32.9 Å². The first-order chi connectivity index (χ1) is 22.8. The molecule has 0 aromatic rings. The van der Waals surface area contributed by atoms with Gasteiger partial charge >= 0.3 is 0 Å². The zero-order valence-electron chi connectivity index (χ0n) is 26.4. The van der Waals surface area contributed by atoms with Crippen LogP contribution >= 0.6 is 0 Å². The molecular formula is C27H46N9O12. The molecule has 21 heteroatoms. The van der Waals surface area contributed by atoms with E-state index in [0.717, 1.165) is 4.90 Å². The van der Waals surface area contributed by atoms with Gasteiger partial charge in [-0.3, -0.25) is 29.9 Å². The zero-order chi connectivity index (χ0) is 35.7. The van der Waals surface area contributed by atoms with E-state index in [4.69, 9.17) is 10.1 Å². The maximum absolute atomic E-state index is 13.5. The highest BCUT2D eigenvalue weighted by Crippen LogP contribution is 2.29. The van der Waals surface area contributed by atoms with Crippen molar-refractivity contribution in [2.24, 2.45) is 10.9 Å². The molecule has 1 radical (unpaired) electrons. The van der Waals surface area contributed by atoms with E-state index in [1.54, 1.807) is 13.8 Å². The second kappa shape index (κ2) is 17.7. The van der Waals surface area contributed by atoms with E-state index in [0.29, 0.717) is 12.8 Å². The number of carbonyl (C=O) groups excluding carboxylic acids is 4. The van der Waals surface area contributed by atoms with Gasteiger partial charge in [-0.1, -0.05) is 13.8 Å². The number of aliphatic imine (C=N–C) groups is 1. The molecule has 0 saturated carbocycles. The maximum Gasteiger partial charge on any atom is 0.251 e. The Balaban J connectivity index is 2.02. The summed E-state index contributed by atoms with van der Waals surface area (Å²) in [6, 6.07) is -6.29. The lowest BCUT2D eigenvalue weighted by atomic mass is 9.95. The Kier molecular flexibility index (Phi) is 14.4.